The first-order valence-electron chi connectivity index (χ1n) is 8.51. The Morgan fingerprint density at radius 2 is 1.09 bits per heavy atom. The summed E-state index contributed by atoms with van der Waals surface area (Å²) in [5.74, 6) is 3.03. The molecule has 0 radical (unpaired) electrons. The Bertz CT molecular complexity index is 553. The molecule has 23 heavy (non-hydrogen) atoms. The normalized spacial score (nSPS) is 44.7. The largest absolute Gasteiger partial charge is 0.179 e. The fraction of sp³-hybridized carbons (Fsp3) is 0.684. The van der Waals surface area contributed by atoms with Gasteiger partial charge in [0.2, 0.25) is 0 Å². The number of thiol groups is 3. The van der Waals surface area contributed by atoms with Crippen molar-refractivity contribution in [3.05, 3.63) is 34.3 Å². The van der Waals surface area contributed by atoms with Crippen LogP contribution in [0.5, 0.6) is 0 Å². The third-order valence-corrected chi connectivity index (χ3v) is 9.39. The number of halogens is 1. The van der Waals surface area contributed by atoms with Crippen LogP contribution in [0.25, 0.3) is 0 Å². The Morgan fingerprint density at radius 3 is 1.43 bits per heavy atom. The molecule has 1 aromatic carbocycles. The lowest BCUT2D eigenvalue weighted by Gasteiger charge is -2.71. The highest BCUT2D eigenvalue weighted by Gasteiger charge is 2.67. The van der Waals surface area contributed by atoms with E-state index in [-0.39, 0.29) is 0 Å². The summed E-state index contributed by atoms with van der Waals surface area (Å²) in [4.78, 5) is 0. The van der Waals surface area contributed by atoms with E-state index >= 15 is 0 Å². The van der Waals surface area contributed by atoms with Crippen LogP contribution in [0.3, 0.4) is 0 Å². The molecular weight excluding hydrogens is 404 g/mol. The Kier molecular flexibility index (Phi) is 4.20. The van der Waals surface area contributed by atoms with Crippen molar-refractivity contribution in [3.8, 4) is 0 Å². The Hall–Kier alpha value is 0.750. The molecule has 5 rings (SSSR count). The molecule has 126 valence electrons. The fourth-order valence-corrected chi connectivity index (χ4v) is 8.17. The van der Waals surface area contributed by atoms with E-state index in [9.17, 15) is 0 Å². The average molecular weight is 430 g/mol. The van der Waals surface area contributed by atoms with Gasteiger partial charge in [0.1, 0.15) is 0 Å². The summed E-state index contributed by atoms with van der Waals surface area (Å²) < 4.78 is 1.17. The van der Waals surface area contributed by atoms with Gasteiger partial charge < -0.3 is 0 Å². The zero-order chi connectivity index (χ0) is 16.3. The summed E-state index contributed by atoms with van der Waals surface area (Å²) in [5, 5.41) is 0. The number of hydrogen-bond acceptors (Lipinski definition) is 3. The Morgan fingerprint density at radius 1 is 0.696 bits per heavy atom. The van der Waals surface area contributed by atoms with Crippen molar-refractivity contribution in [2.75, 3.05) is 17.3 Å². The second kappa shape index (κ2) is 5.62. The van der Waals surface area contributed by atoms with Gasteiger partial charge in [-0.05, 0) is 95.1 Å². The Balaban J connectivity index is 1.86. The number of rotatable bonds is 4. The maximum atomic E-state index is 4.83. The molecule has 0 amide bonds. The molecule has 0 unspecified atom stereocenters. The first-order chi connectivity index (χ1) is 10.9. The molecule has 0 saturated heterocycles. The number of hydrogen-bond donors (Lipinski definition) is 3. The van der Waals surface area contributed by atoms with Gasteiger partial charge in [0.05, 0.1) is 0 Å². The second-order valence-electron chi connectivity index (χ2n) is 8.82. The first-order valence-corrected chi connectivity index (χ1v) is 11.2. The highest BCUT2D eigenvalue weighted by atomic mass is 79.9. The van der Waals surface area contributed by atoms with E-state index in [0.717, 1.165) is 17.3 Å². The maximum Gasteiger partial charge on any atom is 0.0175 e. The summed E-state index contributed by atoms with van der Waals surface area (Å²) >= 11 is 18.1. The van der Waals surface area contributed by atoms with Crippen LogP contribution in [0, 0.1) is 16.2 Å². The van der Waals surface area contributed by atoms with Gasteiger partial charge in [0.15, 0.2) is 0 Å². The molecule has 4 bridgehead atoms. The summed E-state index contributed by atoms with van der Waals surface area (Å²) in [6.45, 7) is 0. The monoisotopic (exact) mass is 428 g/mol. The molecule has 0 atom stereocenters. The van der Waals surface area contributed by atoms with Crippen LogP contribution in [0.15, 0.2) is 28.7 Å². The zero-order valence-electron chi connectivity index (χ0n) is 13.4. The predicted octanol–water partition coefficient (Wildman–Crippen LogP) is 5.82. The van der Waals surface area contributed by atoms with Crippen LogP contribution in [-0.2, 0) is 5.41 Å². The lowest BCUT2D eigenvalue weighted by atomic mass is 9.35. The summed E-state index contributed by atoms with van der Waals surface area (Å²) in [7, 11) is 0. The van der Waals surface area contributed by atoms with Crippen LogP contribution in [0.2, 0.25) is 0 Å². The molecule has 0 nitrogen and oxygen atoms in total. The molecule has 0 spiro atoms. The topological polar surface area (TPSA) is 0 Å². The molecule has 1 aromatic rings. The summed E-state index contributed by atoms with van der Waals surface area (Å²) in [6.07, 6.45) is 7.87. The SMILES string of the molecule is SCC12CC3(CS)CC(CS)(C1)CC(c1ccc(Br)cc1)(C2)C3. The van der Waals surface area contributed by atoms with Gasteiger partial charge >= 0.3 is 0 Å². The third-order valence-electron chi connectivity index (χ3n) is 6.85. The van der Waals surface area contributed by atoms with E-state index in [0.29, 0.717) is 21.7 Å². The van der Waals surface area contributed by atoms with Crippen LogP contribution in [-0.4, -0.2) is 17.3 Å². The van der Waals surface area contributed by atoms with Crippen molar-refractivity contribution in [1.29, 1.82) is 0 Å². The number of benzene rings is 1. The molecule has 4 saturated carbocycles. The highest BCUT2D eigenvalue weighted by molar-refractivity contribution is 9.10. The van der Waals surface area contributed by atoms with Crippen molar-refractivity contribution >= 4 is 53.8 Å². The third kappa shape index (κ3) is 2.57. The van der Waals surface area contributed by atoms with Gasteiger partial charge in [-0.1, -0.05) is 28.1 Å². The van der Waals surface area contributed by atoms with E-state index < -0.39 is 0 Å². The van der Waals surface area contributed by atoms with E-state index in [1.54, 1.807) is 0 Å². The van der Waals surface area contributed by atoms with Gasteiger partial charge in [0.25, 0.3) is 0 Å². The smallest absolute Gasteiger partial charge is 0.0175 e. The van der Waals surface area contributed by atoms with E-state index in [2.05, 4.69) is 40.2 Å². The molecule has 4 aliphatic rings. The molecule has 0 heterocycles. The van der Waals surface area contributed by atoms with Crippen molar-refractivity contribution in [2.45, 2.75) is 43.9 Å². The fourth-order valence-electron chi connectivity index (χ4n) is 6.90. The van der Waals surface area contributed by atoms with Crippen LogP contribution in [0.1, 0.15) is 44.1 Å². The van der Waals surface area contributed by atoms with Gasteiger partial charge in [-0.2, -0.15) is 37.9 Å². The van der Waals surface area contributed by atoms with Crippen molar-refractivity contribution < 1.29 is 0 Å². The van der Waals surface area contributed by atoms with E-state index in [1.165, 1.54) is 48.6 Å². The highest BCUT2D eigenvalue weighted by Crippen LogP contribution is 2.74. The van der Waals surface area contributed by atoms with Gasteiger partial charge in [-0.15, -0.1) is 0 Å². The van der Waals surface area contributed by atoms with Gasteiger partial charge in [-0.3, -0.25) is 0 Å². The van der Waals surface area contributed by atoms with E-state index in [1.807, 2.05) is 0 Å². The minimum absolute atomic E-state index is 0.309. The first kappa shape index (κ1) is 17.2. The minimum atomic E-state index is 0.309. The molecule has 4 fully saturated rings. The lowest BCUT2D eigenvalue weighted by Crippen LogP contribution is -2.64. The Labute approximate surface area is 164 Å². The quantitative estimate of drug-likeness (QED) is 0.494. The van der Waals surface area contributed by atoms with Crippen molar-refractivity contribution in [2.24, 2.45) is 16.2 Å². The summed E-state index contributed by atoms with van der Waals surface area (Å²) in [6, 6.07) is 9.12. The second-order valence-corrected chi connectivity index (χ2v) is 10.7. The molecule has 0 aliphatic heterocycles. The van der Waals surface area contributed by atoms with Gasteiger partial charge in [-0.25, -0.2) is 0 Å². The average Bonchev–Trinajstić information content (AvgIpc) is 2.54. The standard InChI is InChI=1S/C19H25BrS3/c20-15-3-1-14(2-4-15)19-8-16(11-21)5-17(9-19,12-22)7-18(6-16,10-19)13-23/h1-4,21-23H,5-13H2. The molecular formula is C19H25BrS3. The minimum Gasteiger partial charge on any atom is -0.179 e. The molecule has 0 aromatic heterocycles. The lowest BCUT2D eigenvalue weighted by molar-refractivity contribution is -0.145. The summed E-state index contributed by atoms with van der Waals surface area (Å²) in [5.41, 5.74) is 3.00. The van der Waals surface area contributed by atoms with Crippen LogP contribution >= 0.6 is 53.8 Å². The van der Waals surface area contributed by atoms with Crippen LogP contribution < -0.4 is 0 Å². The van der Waals surface area contributed by atoms with E-state index in [4.69, 9.17) is 37.9 Å². The van der Waals surface area contributed by atoms with Crippen molar-refractivity contribution in [3.63, 3.8) is 0 Å². The maximum absolute atomic E-state index is 4.83. The molecule has 4 aliphatic carbocycles. The van der Waals surface area contributed by atoms with Crippen molar-refractivity contribution in [1.82, 2.24) is 0 Å². The predicted molar refractivity (Wildman–Crippen MR) is 112 cm³/mol. The van der Waals surface area contributed by atoms with Gasteiger partial charge in [0, 0.05) is 4.47 Å². The molecule has 4 heteroatoms. The molecule has 0 N–H and O–H groups in total. The zero-order valence-corrected chi connectivity index (χ0v) is 17.7. The van der Waals surface area contributed by atoms with Crippen LogP contribution in [0.4, 0.5) is 0 Å².